The van der Waals surface area contributed by atoms with E-state index in [9.17, 15) is 0 Å². The highest BCUT2D eigenvalue weighted by atomic mass is 15.0. The van der Waals surface area contributed by atoms with Crippen molar-refractivity contribution in [1.82, 2.24) is 9.97 Å². The van der Waals surface area contributed by atoms with Gasteiger partial charge in [-0.05, 0) is 30.7 Å². The quantitative estimate of drug-likeness (QED) is 0.807. The predicted octanol–water partition coefficient (Wildman–Crippen LogP) is 2.49. The Bertz CT molecular complexity index is 466. The van der Waals surface area contributed by atoms with Crippen molar-refractivity contribution in [3.8, 4) is 11.3 Å². The van der Waals surface area contributed by atoms with Gasteiger partial charge in [-0.1, -0.05) is 6.07 Å². The van der Waals surface area contributed by atoms with E-state index in [1.54, 1.807) is 6.20 Å². The number of rotatable bonds is 2. The number of nitrogens with zero attached hydrogens (tertiary/aromatic N) is 2. The molecule has 0 unspecified atom stereocenters. The molecule has 15 heavy (non-hydrogen) atoms. The van der Waals surface area contributed by atoms with Crippen LogP contribution in [0.3, 0.4) is 0 Å². The summed E-state index contributed by atoms with van der Waals surface area (Å²) in [4.78, 5) is 8.55. The van der Waals surface area contributed by atoms with Crippen molar-refractivity contribution in [3.63, 3.8) is 0 Å². The zero-order chi connectivity index (χ0) is 10.7. The number of aromatic nitrogens is 2. The normalized spacial score (nSPS) is 10.0. The maximum Gasteiger partial charge on any atom is 0.126 e. The zero-order valence-electron chi connectivity index (χ0n) is 8.86. The Morgan fingerprint density at radius 1 is 1.20 bits per heavy atom. The standard InChI is InChI=1S/C12H13N3/c1-9-8-14-7-6-10(9)11-4-3-5-12(13-2)15-11/h3-8H,1-2H3,(H,13,15). The number of hydrogen-bond donors (Lipinski definition) is 1. The van der Waals surface area contributed by atoms with Crippen molar-refractivity contribution in [2.75, 3.05) is 12.4 Å². The first-order chi connectivity index (χ1) is 7.31. The summed E-state index contributed by atoms with van der Waals surface area (Å²) in [6.45, 7) is 2.04. The third kappa shape index (κ3) is 1.96. The second-order valence-corrected chi connectivity index (χ2v) is 3.35. The highest BCUT2D eigenvalue weighted by Crippen LogP contribution is 2.21. The number of pyridine rings is 2. The lowest BCUT2D eigenvalue weighted by molar-refractivity contribution is 1.23. The van der Waals surface area contributed by atoms with Crippen molar-refractivity contribution in [1.29, 1.82) is 0 Å². The third-order valence-electron chi connectivity index (χ3n) is 2.30. The minimum absolute atomic E-state index is 0.878. The van der Waals surface area contributed by atoms with E-state index >= 15 is 0 Å². The molecule has 0 bridgehead atoms. The van der Waals surface area contributed by atoms with E-state index in [-0.39, 0.29) is 0 Å². The summed E-state index contributed by atoms with van der Waals surface area (Å²) >= 11 is 0. The van der Waals surface area contributed by atoms with Crippen LogP contribution in [0.2, 0.25) is 0 Å². The fraction of sp³-hybridized carbons (Fsp3) is 0.167. The Balaban J connectivity index is 2.49. The Hall–Kier alpha value is -1.90. The summed E-state index contributed by atoms with van der Waals surface area (Å²) in [5.41, 5.74) is 3.24. The van der Waals surface area contributed by atoms with Gasteiger partial charge in [0.25, 0.3) is 0 Å². The SMILES string of the molecule is CNc1cccc(-c2ccncc2C)n1. The van der Waals surface area contributed by atoms with E-state index < -0.39 is 0 Å². The molecule has 2 aromatic heterocycles. The number of nitrogens with one attached hydrogen (secondary N) is 1. The lowest BCUT2D eigenvalue weighted by Gasteiger charge is -2.06. The maximum atomic E-state index is 4.48. The average molecular weight is 199 g/mol. The third-order valence-corrected chi connectivity index (χ3v) is 2.30. The molecule has 2 heterocycles. The largest absolute Gasteiger partial charge is 0.373 e. The topological polar surface area (TPSA) is 37.8 Å². The van der Waals surface area contributed by atoms with E-state index in [2.05, 4.69) is 15.3 Å². The Morgan fingerprint density at radius 3 is 2.80 bits per heavy atom. The van der Waals surface area contributed by atoms with Crippen LogP contribution in [0.15, 0.2) is 36.7 Å². The van der Waals surface area contributed by atoms with E-state index in [1.807, 2.05) is 44.4 Å². The molecule has 0 spiro atoms. The monoisotopic (exact) mass is 199 g/mol. The second kappa shape index (κ2) is 4.09. The van der Waals surface area contributed by atoms with E-state index in [0.717, 1.165) is 22.6 Å². The lowest BCUT2D eigenvalue weighted by Crippen LogP contribution is -1.94. The van der Waals surface area contributed by atoms with Gasteiger partial charge in [0.2, 0.25) is 0 Å². The van der Waals surface area contributed by atoms with Crippen molar-refractivity contribution in [2.24, 2.45) is 0 Å². The van der Waals surface area contributed by atoms with E-state index in [0.29, 0.717) is 0 Å². The summed E-state index contributed by atoms with van der Waals surface area (Å²) in [5.74, 6) is 0.878. The van der Waals surface area contributed by atoms with Gasteiger partial charge < -0.3 is 5.32 Å². The molecule has 0 aliphatic carbocycles. The van der Waals surface area contributed by atoms with Crippen LogP contribution in [0.5, 0.6) is 0 Å². The van der Waals surface area contributed by atoms with Gasteiger partial charge in [-0.25, -0.2) is 4.98 Å². The molecule has 0 saturated carbocycles. The van der Waals surface area contributed by atoms with Crippen LogP contribution < -0.4 is 5.32 Å². The van der Waals surface area contributed by atoms with Gasteiger partial charge in [-0.3, -0.25) is 4.98 Å². The van der Waals surface area contributed by atoms with Gasteiger partial charge in [0.05, 0.1) is 5.69 Å². The summed E-state index contributed by atoms with van der Waals surface area (Å²) in [6.07, 6.45) is 3.64. The van der Waals surface area contributed by atoms with Crippen LogP contribution in [-0.2, 0) is 0 Å². The average Bonchev–Trinajstić information content (AvgIpc) is 2.30. The molecular formula is C12H13N3. The molecule has 3 nitrogen and oxygen atoms in total. The number of anilines is 1. The highest BCUT2D eigenvalue weighted by Gasteiger charge is 2.02. The minimum atomic E-state index is 0.878. The molecule has 1 N–H and O–H groups in total. The van der Waals surface area contributed by atoms with Gasteiger partial charge in [-0.2, -0.15) is 0 Å². The molecule has 0 atom stereocenters. The van der Waals surface area contributed by atoms with Crippen LogP contribution in [0.1, 0.15) is 5.56 Å². The molecule has 2 rings (SSSR count). The summed E-state index contributed by atoms with van der Waals surface area (Å²) in [5, 5.41) is 3.03. The Labute approximate surface area is 89.2 Å². The fourth-order valence-corrected chi connectivity index (χ4v) is 1.48. The fourth-order valence-electron chi connectivity index (χ4n) is 1.48. The lowest BCUT2D eigenvalue weighted by atomic mass is 10.1. The Kier molecular flexibility index (Phi) is 2.63. The molecule has 0 saturated heterocycles. The van der Waals surface area contributed by atoms with Crippen molar-refractivity contribution >= 4 is 5.82 Å². The molecule has 76 valence electrons. The molecule has 0 radical (unpaired) electrons. The van der Waals surface area contributed by atoms with Crippen LogP contribution in [0.25, 0.3) is 11.3 Å². The Morgan fingerprint density at radius 2 is 2.07 bits per heavy atom. The molecule has 0 aliphatic rings. The van der Waals surface area contributed by atoms with Gasteiger partial charge in [0.15, 0.2) is 0 Å². The molecule has 0 fully saturated rings. The van der Waals surface area contributed by atoms with Gasteiger partial charge >= 0.3 is 0 Å². The van der Waals surface area contributed by atoms with Gasteiger partial charge in [-0.15, -0.1) is 0 Å². The van der Waals surface area contributed by atoms with Crippen LogP contribution in [0.4, 0.5) is 5.82 Å². The first kappa shape index (κ1) is 9.65. The predicted molar refractivity (Wildman–Crippen MR) is 61.8 cm³/mol. The van der Waals surface area contributed by atoms with Crippen LogP contribution in [0, 0.1) is 6.92 Å². The summed E-state index contributed by atoms with van der Waals surface area (Å²) in [6, 6.07) is 7.92. The maximum absolute atomic E-state index is 4.48. The molecule has 0 aliphatic heterocycles. The smallest absolute Gasteiger partial charge is 0.126 e. The first-order valence-electron chi connectivity index (χ1n) is 4.87. The second-order valence-electron chi connectivity index (χ2n) is 3.35. The van der Waals surface area contributed by atoms with Crippen molar-refractivity contribution in [2.45, 2.75) is 6.92 Å². The highest BCUT2D eigenvalue weighted by molar-refractivity contribution is 5.64. The molecule has 0 amide bonds. The van der Waals surface area contributed by atoms with E-state index in [4.69, 9.17) is 0 Å². The molecular weight excluding hydrogens is 186 g/mol. The number of hydrogen-bond acceptors (Lipinski definition) is 3. The van der Waals surface area contributed by atoms with Gasteiger partial charge in [0.1, 0.15) is 5.82 Å². The molecule has 0 aromatic carbocycles. The first-order valence-corrected chi connectivity index (χ1v) is 4.87. The van der Waals surface area contributed by atoms with Crippen LogP contribution >= 0.6 is 0 Å². The van der Waals surface area contributed by atoms with Gasteiger partial charge in [0, 0.05) is 25.0 Å². The molecule has 2 aromatic rings. The van der Waals surface area contributed by atoms with E-state index in [1.165, 1.54) is 0 Å². The zero-order valence-corrected chi connectivity index (χ0v) is 8.86. The summed E-state index contributed by atoms with van der Waals surface area (Å²) in [7, 11) is 1.87. The number of aryl methyl sites for hydroxylation is 1. The minimum Gasteiger partial charge on any atom is -0.373 e. The molecule has 3 heteroatoms. The van der Waals surface area contributed by atoms with Crippen molar-refractivity contribution < 1.29 is 0 Å². The van der Waals surface area contributed by atoms with Crippen LogP contribution in [-0.4, -0.2) is 17.0 Å². The summed E-state index contributed by atoms with van der Waals surface area (Å²) < 4.78 is 0. The van der Waals surface area contributed by atoms with Crippen molar-refractivity contribution in [3.05, 3.63) is 42.2 Å².